The fourth-order valence-corrected chi connectivity index (χ4v) is 14.7. The van der Waals surface area contributed by atoms with Crippen molar-refractivity contribution in [2.45, 2.75) is 163 Å². The van der Waals surface area contributed by atoms with E-state index in [1.54, 1.807) is 20.8 Å². The molecule has 438 valence electrons. The summed E-state index contributed by atoms with van der Waals surface area (Å²) < 4.78 is 168. The van der Waals surface area contributed by atoms with Crippen molar-refractivity contribution in [2.24, 2.45) is 40.4 Å². The summed E-state index contributed by atoms with van der Waals surface area (Å²) in [5.74, 6) is -10.5. The summed E-state index contributed by atoms with van der Waals surface area (Å²) in [6, 6.07) is 18.0. The summed E-state index contributed by atoms with van der Waals surface area (Å²) in [5.41, 5.74) is -19.4. The van der Waals surface area contributed by atoms with Gasteiger partial charge in [0, 0.05) is 56.3 Å². The Morgan fingerprint density at radius 2 is 1.03 bits per heavy atom. The minimum Gasteiger partial charge on any atom is -0.459 e. The molecule has 79 heavy (non-hydrogen) atoms. The molecule has 4 N–H and O–H groups in total. The van der Waals surface area contributed by atoms with Gasteiger partial charge in [-0.1, -0.05) is 112 Å². The standard InChI is InChI=1S/C57H69F9O13/c1-32(24-25-41(48(2,3)72)79-47(71)54(76-8,57(64,65)66)35-22-16-11-17-23-35)36-30-39(78-46(70)53(75-7,56(61,62)63)34-20-14-10-15-21-34)44-49(36,4)29-27-40-50(5)28-26-38(43(68)42(50)37(67)31-51(40,44)73)77-45(69)52(74-6,55(58,59)60)33-18-12-9-13-19-33/h9-23,32,36-44,67-68,72-73H,24-31H2,1-8H3/t32-,36-,37-,38+,39-,40-,41-,42?,43+,44-,49-,50-,51+,52-,53-,54-/m1/s1. The van der Waals surface area contributed by atoms with Crippen molar-refractivity contribution in [1.29, 1.82) is 0 Å². The Morgan fingerprint density at radius 3 is 1.43 bits per heavy atom. The van der Waals surface area contributed by atoms with Crippen molar-refractivity contribution in [1.82, 2.24) is 0 Å². The van der Waals surface area contributed by atoms with Crippen LogP contribution in [-0.4, -0.2) is 120 Å². The van der Waals surface area contributed by atoms with Gasteiger partial charge >= 0.3 is 36.4 Å². The van der Waals surface area contributed by atoms with Crippen LogP contribution in [0.3, 0.4) is 0 Å². The first kappa shape index (κ1) is 61.8. The average molecular weight is 1130 g/mol. The molecule has 4 saturated carbocycles. The second kappa shape index (κ2) is 21.8. The Labute approximate surface area is 452 Å². The number of hydrogen-bond acceptors (Lipinski definition) is 13. The van der Waals surface area contributed by atoms with E-state index in [1.807, 2.05) is 0 Å². The SMILES string of the molecule is CO[C@@](C(=O)O[C@H]1CC[C@@]2(C)C([C@H](O)C[C@@]3(O)[C@@H]4[C@H](OC(=O)[C@](OC)(c5ccccc5)C(F)(F)F)C[C@H]([C@H](C)CC[C@@H](OC(=O)[C@](OC)(c5ccccc5)C(F)(F)F)C(C)(C)O)[C@@]4(C)CC[C@@H]32)[C@H]1O)(c1ccccc1)C(F)(F)F. The van der Waals surface area contributed by atoms with Crippen LogP contribution in [0, 0.1) is 40.4 Å². The van der Waals surface area contributed by atoms with Crippen molar-refractivity contribution in [3.05, 3.63) is 108 Å². The second-order valence-corrected chi connectivity index (χ2v) is 23.0. The molecule has 0 spiro atoms. The van der Waals surface area contributed by atoms with E-state index >= 15 is 13.2 Å². The van der Waals surface area contributed by atoms with Crippen molar-refractivity contribution in [3.63, 3.8) is 0 Å². The van der Waals surface area contributed by atoms with Gasteiger partial charge < -0.3 is 48.8 Å². The highest BCUT2D eigenvalue weighted by Gasteiger charge is 2.75. The molecular formula is C57H69F9O13. The fourth-order valence-electron chi connectivity index (χ4n) is 14.7. The van der Waals surface area contributed by atoms with Crippen molar-refractivity contribution < 1.29 is 103 Å². The molecular weight excluding hydrogens is 1060 g/mol. The molecule has 4 aliphatic rings. The minimum atomic E-state index is -5.43. The average Bonchev–Trinajstić information content (AvgIpc) is 2.64. The molecule has 0 aromatic heterocycles. The Balaban J connectivity index is 1.23. The van der Waals surface area contributed by atoms with Crippen LogP contribution in [0.25, 0.3) is 0 Å². The third-order valence-corrected chi connectivity index (χ3v) is 18.4. The molecule has 4 aliphatic carbocycles. The monoisotopic (exact) mass is 1130 g/mol. The van der Waals surface area contributed by atoms with Crippen LogP contribution >= 0.6 is 0 Å². The number of carbonyl (C=O) groups is 3. The predicted octanol–water partition coefficient (Wildman–Crippen LogP) is 9.55. The van der Waals surface area contributed by atoms with Gasteiger partial charge in [-0.2, -0.15) is 39.5 Å². The predicted molar refractivity (Wildman–Crippen MR) is 263 cm³/mol. The fraction of sp³-hybridized carbons (Fsp3) is 0.632. The Bertz CT molecular complexity index is 2620. The first-order valence-corrected chi connectivity index (χ1v) is 26.1. The maximum Gasteiger partial charge on any atom is 0.432 e. The molecule has 0 saturated heterocycles. The van der Waals surface area contributed by atoms with Gasteiger partial charge in [-0.3, -0.25) is 0 Å². The molecule has 0 aliphatic heterocycles. The van der Waals surface area contributed by atoms with Gasteiger partial charge in [0.05, 0.1) is 23.4 Å². The third kappa shape index (κ3) is 10.1. The van der Waals surface area contributed by atoms with E-state index in [0.717, 1.165) is 36.4 Å². The molecule has 1 unspecified atom stereocenters. The summed E-state index contributed by atoms with van der Waals surface area (Å²) in [5, 5.41) is 49.3. The highest BCUT2D eigenvalue weighted by Crippen LogP contribution is 2.71. The van der Waals surface area contributed by atoms with Crippen LogP contribution < -0.4 is 0 Å². The van der Waals surface area contributed by atoms with Crippen LogP contribution in [0.1, 0.15) is 103 Å². The molecule has 3 aromatic carbocycles. The molecule has 0 amide bonds. The summed E-state index contributed by atoms with van der Waals surface area (Å²) in [7, 11) is 2.06. The first-order valence-electron chi connectivity index (χ1n) is 26.1. The van der Waals surface area contributed by atoms with Crippen molar-refractivity contribution >= 4 is 17.9 Å². The number of benzene rings is 3. The number of halogens is 9. The van der Waals surface area contributed by atoms with E-state index in [0.29, 0.717) is 21.3 Å². The minimum absolute atomic E-state index is 0.0268. The number of fused-ring (bicyclic) bond motifs is 5. The number of methoxy groups -OCH3 is 3. The van der Waals surface area contributed by atoms with Gasteiger partial charge in [-0.25, -0.2) is 14.4 Å². The normalized spacial score (nSPS) is 32.3. The quantitative estimate of drug-likeness (QED) is 0.0569. The van der Waals surface area contributed by atoms with Crippen LogP contribution in [-0.2, 0) is 59.6 Å². The Morgan fingerprint density at radius 1 is 0.620 bits per heavy atom. The number of ether oxygens (including phenoxy) is 6. The van der Waals surface area contributed by atoms with Gasteiger partial charge in [0.2, 0.25) is 0 Å². The second-order valence-electron chi connectivity index (χ2n) is 23.0. The smallest absolute Gasteiger partial charge is 0.432 e. The third-order valence-electron chi connectivity index (χ3n) is 18.4. The molecule has 0 heterocycles. The molecule has 13 nitrogen and oxygen atoms in total. The van der Waals surface area contributed by atoms with E-state index in [-0.39, 0.29) is 44.9 Å². The van der Waals surface area contributed by atoms with Crippen LogP contribution in [0.15, 0.2) is 91.0 Å². The molecule has 0 bridgehead atoms. The number of rotatable bonds is 17. The first-order chi connectivity index (χ1) is 36.6. The maximum atomic E-state index is 15.5. The van der Waals surface area contributed by atoms with Gasteiger partial charge in [0.15, 0.2) is 0 Å². The lowest BCUT2D eigenvalue weighted by Gasteiger charge is -2.66. The topological polar surface area (TPSA) is 188 Å². The number of aliphatic hydroxyl groups excluding tert-OH is 2. The molecule has 16 atom stereocenters. The number of carbonyl (C=O) groups excluding carboxylic acids is 3. The molecule has 22 heteroatoms. The summed E-state index contributed by atoms with van der Waals surface area (Å²) in [6.45, 7) is 7.57. The Kier molecular flexibility index (Phi) is 17.1. The number of esters is 3. The van der Waals surface area contributed by atoms with Crippen LogP contribution in [0.2, 0.25) is 0 Å². The Hall–Kier alpha value is -4.84. The van der Waals surface area contributed by atoms with Crippen molar-refractivity contribution in [3.8, 4) is 0 Å². The van der Waals surface area contributed by atoms with E-state index in [1.165, 1.54) is 68.4 Å². The van der Waals surface area contributed by atoms with E-state index in [9.17, 15) is 61.2 Å². The van der Waals surface area contributed by atoms with Crippen molar-refractivity contribution in [2.75, 3.05) is 21.3 Å². The van der Waals surface area contributed by atoms with Gasteiger partial charge in [-0.05, 0) is 87.4 Å². The van der Waals surface area contributed by atoms with Gasteiger partial charge in [0.25, 0.3) is 16.8 Å². The van der Waals surface area contributed by atoms with E-state index in [4.69, 9.17) is 28.4 Å². The van der Waals surface area contributed by atoms with Gasteiger partial charge in [-0.15, -0.1) is 0 Å². The van der Waals surface area contributed by atoms with E-state index in [2.05, 4.69) is 0 Å². The zero-order valence-corrected chi connectivity index (χ0v) is 45.0. The van der Waals surface area contributed by atoms with Crippen LogP contribution in [0.5, 0.6) is 0 Å². The van der Waals surface area contributed by atoms with Gasteiger partial charge in [0.1, 0.15) is 18.3 Å². The maximum absolute atomic E-state index is 15.5. The lowest BCUT2D eigenvalue weighted by molar-refractivity contribution is -0.298. The molecule has 4 fully saturated rings. The lowest BCUT2D eigenvalue weighted by atomic mass is 9.41. The number of hydrogen-bond donors (Lipinski definition) is 4. The number of alkyl halides is 9. The molecule has 7 rings (SSSR count). The highest BCUT2D eigenvalue weighted by atomic mass is 19.4. The lowest BCUT2D eigenvalue weighted by Crippen LogP contribution is -2.71. The summed E-state index contributed by atoms with van der Waals surface area (Å²) >= 11 is 0. The van der Waals surface area contributed by atoms with E-state index < -0.39 is 158 Å². The largest absolute Gasteiger partial charge is 0.459 e. The zero-order chi connectivity index (χ0) is 58.7. The number of aliphatic hydroxyl groups is 4. The summed E-state index contributed by atoms with van der Waals surface area (Å²) in [6.07, 6.45) is -25.7. The zero-order valence-electron chi connectivity index (χ0n) is 45.0. The van der Waals surface area contributed by atoms with Crippen LogP contribution in [0.4, 0.5) is 39.5 Å². The highest BCUT2D eigenvalue weighted by molar-refractivity contribution is 5.84. The molecule has 3 aromatic rings. The molecule has 0 radical (unpaired) electrons. The summed E-state index contributed by atoms with van der Waals surface area (Å²) in [4.78, 5) is 42.3.